The summed E-state index contributed by atoms with van der Waals surface area (Å²) in [5.74, 6) is 1.22. The van der Waals surface area contributed by atoms with E-state index in [1.54, 1.807) is 0 Å². The highest BCUT2D eigenvalue weighted by molar-refractivity contribution is 5.89. The molecular weight excluding hydrogens is 312 g/mol. The molecule has 0 fully saturated rings. The third-order valence-electron chi connectivity index (χ3n) is 4.75. The van der Waals surface area contributed by atoms with Crippen molar-refractivity contribution in [1.29, 1.82) is 0 Å². The van der Waals surface area contributed by atoms with Crippen molar-refractivity contribution in [3.8, 4) is 11.4 Å². The molecule has 0 aliphatic heterocycles. The SMILES string of the molecule is Cc1ccc(-c2nc(NC(=O)CC3CCc4ccccc43)n[nH]2)cc1. The Labute approximate surface area is 146 Å². The Morgan fingerprint density at radius 1 is 1.20 bits per heavy atom. The van der Waals surface area contributed by atoms with Crippen molar-refractivity contribution >= 4 is 11.9 Å². The molecule has 1 atom stereocenters. The van der Waals surface area contributed by atoms with Crippen LogP contribution < -0.4 is 5.32 Å². The predicted molar refractivity (Wildman–Crippen MR) is 97.3 cm³/mol. The zero-order valence-corrected chi connectivity index (χ0v) is 14.1. The van der Waals surface area contributed by atoms with Gasteiger partial charge in [0.1, 0.15) is 0 Å². The molecule has 1 aromatic heterocycles. The summed E-state index contributed by atoms with van der Waals surface area (Å²) in [4.78, 5) is 16.7. The number of aryl methyl sites for hydroxylation is 2. The van der Waals surface area contributed by atoms with E-state index in [4.69, 9.17) is 0 Å². The van der Waals surface area contributed by atoms with Crippen LogP contribution in [0.1, 0.15) is 35.4 Å². The number of H-pyrrole nitrogens is 1. The van der Waals surface area contributed by atoms with Crippen molar-refractivity contribution in [1.82, 2.24) is 15.2 Å². The van der Waals surface area contributed by atoms with E-state index in [9.17, 15) is 4.79 Å². The molecule has 1 aliphatic carbocycles. The van der Waals surface area contributed by atoms with Gasteiger partial charge in [0.25, 0.3) is 0 Å². The van der Waals surface area contributed by atoms with Crippen LogP contribution in [0.2, 0.25) is 0 Å². The molecule has 1 heterocycles. The van der Waals surface area contributed by atoms with Crippen molar-refractivity contribution in [2.24, 2.45) is 0 Å². The van der Waals surface area contributed by atoms with E-state index >= 15 is 0 Å². The second kappa shape index (κ2) is 6.51. The molecule has 5 heteroatoms. The van der Waals surface area contributed by atoms with Crippen LogP contribution >= 0.6 is 0 Å². The van der Waals surface area contributed by atoms with Crippen LogP contribution in [-0.2, 0) is 11.2 Å². The lowest BCUT2D eigenvalue weighted by molar-refractivity contribution is -0.116. The van der Waals surface area contributed by atoms with Crippen molar-refractivity contribution in [2.45, 2.75) is 32.1 Å². The number of nitrogens with one attached hydrogen (secondary N) is 2. The van der Waals surface area contributed by atoms with E-state index in [1.165, 1.54) is 16.7 Å². The number of carbonyl (C=O) groups excluding carboxylic acids is 1. The Balaban J connectivity index is 1.41. The fourth-order valence-electron chi connectivity index (χ4n) is 3.42. The molecule has 2 N–H and O–H groups in total. The molecule has 3 aromatic rings. The Kier molecular flexibility index (Phi) is 4.06. The molecule has 1 amide bonds. The highest BCUT2D eigenvalue weighted by Gasteiger charge is 2.24. The number of anilines is 1. The van der Waals surface area contributed by atoms with E-state index in [-0.39, 0.29) is 11.8 Å². The Bertz CT molecular complexity index is 898. The van der Waals surface area contributed by atoms with Crippen LogP contribution in [-0.4, -0.2) is 21.1 Å². The van der Waals surface area contributed by atoms with E-state index in [2.05, 4.69) is 38.7 Å². The summed E-state index contributed by atoms with van der Waals surface area (Å²) in [6.07, 6.45) is 2.53. The van der Waals surface area contributed by atoms with Gasteiger partial charge in [0.05, 0.1) is 0 Å². The van der Waals surface area contributed by atoms with Gasteiger partial charge in [-0.1, -0.05) is 54.1 Å². The highest BCUT2D eigenvalue weighted by atomic mass is 16.1. The van der Waals surface area contributed by atoms with Gasteiger partial charge in [0.15, 0.2) is 5.82 Å². The normalized spacial score (nSPS) is 15.8. The number of hydrogen-bond acceptors (Lipinski definition) is 3. The van der Waals surface area contributed by atoms with Crippen LogP contribution in [0.15, 0.2) is 48.5 Å². The number of aromatic amines is 1. The molecule has 1 unspecified atom stereocenters. The highest BCUT2D eigenvalue weighted by Crippen LogP contribution is 2.35. The van der Waals surface area contributed by atoms with Gasteiger partial charge in [0.2, 0.25) is 11.9 Å². The molecule has 1 aliphatic rings. The number of carbonyl (C=O) groups is 1. The first-order valence-electron chi connectivity index (χ1n) is 8.56. The third kappa shape index (κ3) is 3.31. The molecule has 0 spiro atoms. The first-order valence-corrected chi connectivity index (χ1v) is 8.56. The molecule has 25 heavy (non-hydrogen) atoms. The summed E-state index contributed by atoms with van der Waals surface area (Å²) >= 11 is 0. The minimum Gasteiger partial charge on any atom is -0.293 e. The summed E-state index contributed by atoms with van der Waals surface area (Å²) in [5, 5.41) is 9.79. The molecule has 5 nitrogen and oxygen atoms in total. The Hall–Kier alpha value is -2.95. The summed E-state index contributed by atoms with van der Waals surface area (Å²) < 4.78 is 0. The van der Waals surface area contributed by atoms with Gasteiger partial charge in [-0.05, 0) is 36.8 Å². The monoisotopic (exact) mass is 332 g/mol. The van der Waals surface area contributed by atoms with Crippen LogP contribution in [0.3, 0.4) is 0 Å². The fraction of sp³-hybridized carbons (Fsp3) is 0.250. The summed E-state index contributed by atoms with van der Waals surface area (Å²) in [5.41, 5.74) is 4.80. The first kappa shape index (κ1) is 15.6. The molecule has 2 aromatic carbocycles. The van der Waals surface area contributed by atoms with Crippen molar-refractivity contribution < 1.29 is 4.79 Å². The number of aromatic nitrogens is 3. The van der Waals surface area contributed by atoms with E-state index in [1.807, 2.05) is 37.3 Å². The molecular formula is C20H20N4O. The van der Waals surface area contributed by atoms with Crippen molar-refractivity contribution in [2.75, 3.05) is 5.32 Å². The Morgan fingerprint density at radius 2 is 2.00 bits per heavy atom. The lowest BCUT2D eigenvalue weighted by Crippen LogP contribution is -2.15. The molecule has 4 rings (SSSR count). The van der Waals surface area contributed by atoms with Crippen molar-refractivity contribution in [3.63, 3.8) is 0 Å². The van der Waals surface area contributed by atoms with Gasteiger partial charge >= 0.3 is 0 Å². The zero-order valence-electron chi connectivity index (χ0n) is 14.1. The number of hydrogen-bond donors (Lipinski definition) is 2. The molecule has 0 saturated carbocycles. The number of rotatable bonds is 4. The van der Waals surface area contributed by atoms with Gasteiger partial charge in [0, 0.05) is 12.0 Å². The second-order valence-electron chi connectivity index (χ2n) is 6.56. The average molecular weight is 332 g/mol. The topological polar surface area (TPSA) is 70.7 Å². The number of fused-ring (bicyclic) bond motifs is 1. The maximum Gasteiger partial charge on any atom is 0.249 e. The van der Waals surface area contributed by atoms with E-state index < -0.39 is 0 Å². The third-order valence-corrected chi connectivity index (χ3v) is 4.75. The second-order valence-corrected chi connectivity index (χ2v) is 6.56. The Morgan fingerprint density at radius 3 is 2.84 bits per heavy atom. The summed E-state index contributed by atoms with van der Waals surface area (Å²) in [6, 6.07) is 16.4. The fourth-order valence-corrected chi connectivity index (χ4v) is 3.42. The van der Waals surface area contributed by atoms with E-state index in [0.29, 0.717) is 18.2 Å². The quantitative estimate of drug-likeness (QED) is 0.762. The minimum atomic E-state index is -0.0452. The first-order chi connectivity index (χ1) is 12.2. The van der Waals surface area contributed by atoms with Gasteiger partial charge in [-0.25, -0.2) is 0 Å². The maximum atomic E-state index is 12.4. The predicted octanol–water partition coefficient (Wildman–Crippen LogP) is 3.84. The van der Waals surface area contributed by atoms with Crippen LogP contribution in [0, 0.1) is 6.92 Å². The molecule has 0 saturated heterocycles. The van der Waals surface area contributed by atoms with Crippen LogP contribution in [0.25, 0.3) is 11.4 Å². The summed E-state index contributed by atoms with van der Waals surface area (Å²) in [7, 11) is 0. The molecule has 126 valence electrons. The van der Waals surface area contributed by atoms with Gasteiger partial charge in [-0.2, -0.15) is 4.98 Å². The lowest BCUT2D eigenvalue weighted by atomic mass is 9.97. The number of benzene rings is 2. The van der Waals surface area contributed by atoms with Gasteiger partial charge in [-0.15, -0.1) is 5.10 Å². The van der Waals surface area contributed by atoms with Crippen molar-refractivity contribution in [3.05, 3.63) is 65.2 Å². The smallest absolute Gasteiger partial charge is 0.249 e. The number of nitrogens with zero attached hydrogens (tertiary/aromatic N) is 2. The summed E-state index contributed by atoms with van der Waals surface area (Å²) in [6.45, 7) is 2.04. The standard InChI is InChI=1S/C20H20N4O/c1-13-6-8-15(9-7-13)19-22-20(24-23-19)21-18(25)12-16-11-10-14-4-2-3-5-17(14)16/h2-9,16H,10-12H2,1H3,(H2,21,22,23,24,25). The lowest BCUT2D eigenvalue weighted by Gasteiger charge is -2.10. The maximum absolute atomic E-state index is 12.4. The number of amides is 1. The average Bonchev–Trinajstić information content (AvgIpc) is 3.23. The van der Waals surface area contributed by atoms with Gasteiger partial charge < -0.3 is 0 Å². The van der Waals surface area contributed by atoms with E-state index in [0.717, 1.165) is 18.4 Å². The van der Waals surface area contributed by atoms with Crippen LogP contribution in [0.5, 0.6) is 0 Å². The molecule has 0 bridgehead atoms. The van der Waals surface area contributed by atoms with Crippen LogP contribution in [0.4, 0.5) is 5.95 Å². The minimum absolute atomic E-state index is 0.0452. The van der Waals surface area contributed by atoms with Gasteiger partial charge in [-0.3, -0.25) is 15.2 Å². The molecule has 0 radical (unpaired) electrons. The largest absolute Gasteiger partial charge is 0.293 e. The zero-order chi connectivity index (χ0) is 17.2.